The monoisotopic (exact) mass is 312 g/mol. The Morgan fingerprint density at radius 1 is 1.00 bits per heavy atom. The molecule has 6 heteroatoms. The Morgan fingerprint density at radius 2 is 1.48 bits per heavy atom. The molecule has 118 valence electrons. The summed E-state index contributed by atoms with van der Waals surface area (Å²) >= 11 is 0. The molecule has 1 N–H and O–H groups in total. The quantitative estimate of drug-likeness (QED) is 0.673. The Labute approximate surface area is 127 Å². The maximum Gasteiger partial charge on any atom is 0.501 e. The average molecular weight is 312 g/mol. The van der Waals surface area contributed by atoms with E-state index >= 15 is 0 Å². The Bertz CT molecular complexity index is 415. The summed E-state index contributed by atoms with van der Waals surface area (Å²) in [6, 6.07) is 7.57. The van der Waals surface area contributed by atoms with Crippen LogP contribution in [0.15, 0.2) is 24.3 Å². The largest absolute Gasteiger partial charge is 0.501 e. The van der Waals surface area contributed by atoms with E-state index in [9.17, 15) is 4.79 Å². The van der Waals surface area contributed by atoms with Gasteiger partial charge >= 0.3 is 14.8 Å². The minimum Gasteiger partial charge on any atom is -0.478 e. The van der Waals surface area contributed by atoms with Gasteiger partial charge in [0, 0.05) is 25.9 Å². The highest BCUT2D eigenvalue weighted by molar-refractivity contribution is 6.60. The highest BCUT2D eigenvalue weighted by Crippen LogP contribution is 2.19. The van der Waals surface area contributed by atoms with Crippen LogP contribution in [0.5, 0.6) is 0 Å². The fourth-order valence-electron chi connectivity index (χ4n) is 2.11. The predicted molar refractivity (Wildman–Crippen MR) is 82.5 cm³/mol. The summed E-state index contributed by atoms with van der Waals surface area (Å²) in [5.74, 6) is -0.914. The third kappa shape index (κ3) is 5.59. The van der Waals surface area contributed by atoms with Gasteiger partial charge in [0.1, 0.15) is 0 Å². The lowest BCUT2D eigenvalue weighted by Crippen LogP contribution is -2.46. The predicted octanol–water partition coefficient (Wildman–Crippen LogP) is 2.98. The molecule has 0 saturated heterocycles. The van der Waals surface area contributed by atoms with Crippen LogP contribution in [-0.4, -0.2) is 39.7 Å². The summed E-state index contributed by atoms with van der Waals surface area (Å²) < 4.78 is 17.4. The molecule has 1 aromatic rings. The normalized spacial score (nSPS) is 11.6. The van der Waals surface area contributed by atoms with Crippen LogP contribution in [0.2, 0.25) is 6.04 Å². The maximum atomic E-state index is 10.8. The lowest BCUT2D eigenvalue weighted by Gasteiger charge is -2.28. The Kier molecular flexibility index (Phi) is 7.59. The number of carboxylic acids is 1. The van der Waals surface area contributed by atoms with Crippen LogP contribution in [-0.2, 0) is 19.7 Å². The molecule has 0 aliphatic rings. The molecule has 0 atom stereocenters. The molecule has 0 fully saturated rings. The summed E-state index contributed by atoms with van der Waals surface area (Å²) in [6.45, 7) is 7.48. The number of hydrogen-bond donors (Lipinski definition) is 1. The Hall–Kier alpha value is -1.21. The van der Waals surface area contributed by atoms with Crippen molar-refractivity contribution in [3.8, 4) is 0 Å². The van der Waals surface area contributed by atoms with Crippen LogP contribution in [0.1, 0.15) is 36.7 Å². The molecule has 0 saturated carbocycles. The van der Waals surface area contributed by atoms with Crippen LogP contribution in [0, 0.1) is 0 Å². The van der Waals surface area contributed by atoms with Crippen molar-refractivity contribution in [3.05, 3.63) is 35.4 Å². The molecular formula is C15H24O5Si. The molecule has 0 aliphatic heterocycles. The van der Waals surface area contributed by atoms with Crippen molar-refractivity contribution in [1.29, 1.82) is 0 Å². The van der Waals surface area contributed by atoms with Gasteiger partial charge in [-0.25, -0.2) is 4.79 Å². The maximum absolute atomic E-state index is 10.8. The minimum absolute atomic E-state index is 0.293. The van der Waals surface area contributed by atoms with Gasteiger partial charge < -0.3 is 18.4 Å². The highest BCUT2D eigenvalue weighted by atomic mass is 28.4. The van der Waals surface area contributed by atoms with E-state index in [0.29, 0.717) is 31.4 Å². The van der Waals surface area contributed by atoms with Crippen molar-refractivity contribution in [3.63, 3.8) is 0 Å². The van der Waals surface area contributed by atoms with Gasteiger partial charge in [0.25, 0.3) is 0 Å². The summed E-state index contributed by atoms with van der Waals surface area (Å²) in [5, 5.41) is 8.89. The second kappa shape index (κ2) is 8.94. The molecule has 0 aromatic heterocycles. The molecular weight excluding hydrogens is 288 g/mol. The van der Waals surface area contributed by atoms with E-state index < -0.39 is 14.8 Å². The first kappa shape index (κ1) is 17.8. The van der Waals surface area contributed by atoms with Crippen LogP contribution in [0.25, 0.3) is 0 Å². The van der Waals surface area contributed by atoms with Gasteiger partial charge in [0.15, 0.2) is 0 Å². The van der Waals surface area contributed by atoms with Gasteiger partial charge in [-0.05, 0) is 44.9 Å². The van der Waals surface area contributed by atoms with E-state index in [0.717, 1.165) is 12.0 Å². The van der Waals surface area contributed by atoms with Crippen molar-refractivity contribution < 1.29 is 23.2 Å². The Morgan fingerprint density at radius 3 is 1.86 bits per heavy atom. The molecule has 1 rings (SSSR count). The van der Waals surface area contributed by atoms with Gasteiger partial charge in [-0.3, -0.25) is 0 Å². The van der Waals surface area contributed by atoms with Crippen molar-refractivity contribution in [1.82, 2.24) is 0 Å². The van der Waals surface area contributed by atoms with Crippen LogP contribution < -0.4 is 0 Å². The van der Waals surface area contributed by atoms with E-state index in [-0.39, 0.29) is 0 Å². The van der Waals surface area contributed by atoms with E-state index in [1.807, 2.05) is 32.9 Å². The van der Waals surface area contributed by atoms with Crippen molar-refractivity contribution in [2.45, 2.75) is 33.2 Å². The molecule has 1 aromatic carbocycles. The third-order valence-electron chi connectivity index (χ3n) is 3.01. The molecule has 0 heterocycles. The standard InChI is InChI=1S/C15H24O5Si/c1-4-18-21(19-5-2,20-6-3)12-11-13-7-9-14(10-8-13)15(16)17/h7-10H,4-6,11-12H2,1-3H3,(H,16,17). The van der Waals surface area contributed by atoms with Crippen LogP contribution in [0.3, 0.4) is 0 Å². The molecule has 0 bridgehead atoms. The number of aromatic carboxylic acids is 1. The molecule has 5 nitrogen and oxygen atoms in total. The first-order chi connectivity index (χ1) is 10.1. The van der Waals surface area contributed by atoms with Crippen molar-refractivity contribution in [2.75, 3.05) is 19.8 Å². The first-order valence-electron chi connectivity index (χ1n) is 7.31. The number of aryl methyl sites for hydroxylation is 1. The van der Waals surface area contributed by atoms with E-state index in [1.165, 1.54) is 0 Å². The summed E-state index contributed by atoms with van der Waals surface area (Å²) in [6.07, 6.45) is 0.742. The van der Waals surface area contributed by atoms with E-state index in [4.69, 9.17) is 18.4 Å². The number of carboxylic acid groups (broad SMARTS) is 1. The molecule has 0 amide bonds. The van der Waals surface area contributed by atoms with Gasteiger partial charge in [0.05, 0.1) is 5.56 Å². The number of rotatable bonds is 10. The number of benzene rings is 1. The number of carbonyl (C=O) groups is 1. The van der Waals surface area contributed by atoms with E-state index in [1.54, 1.807) is 12.1 Å². The second-order valence-corrected chi connectivity index (χ2v) is 7.22. The second-order valence-electron chi connectivity index (χ2n) is 4.48. The average Bonchev–Trinajstić information content (AvgIpc) is 2.46. The lowest BCUT2D eigenvalue weighted by molar-refractivity contribution is 0.0691. The first-order valence-corrected chi connectivity index (χ1v) is 9.24. The third-order valence-corrected chi connectivity index (χ3v) is 6.06. The summed E-state index contributed by atoms with van der Waals surface area (Å²) in [7, 11) is -2.63. The summed E-state index contributed by atoms with van der Waals surface area (Å²) in [5.41, 5.74) is 1.35. The number of hydrogen-bond acceptors (Lipinski definition) is 4. The minimum atomic E-state index is -2.63. The SMILES string of the molecule is CCO[Si](CCc1ccc(C(=O)O)cc1)(OCC)OCC. The zero-order chi connectivity index (χ0) is 15.7. The zero-order valence-corrected chi connectivity index (χ0v) is 13.9. The fourth-order valence-corrected chi connectivity index (χ4v) is 4.71. The molecule has 0 unspecified atom stereocenters. The Balaban J connectivity index is 2.72. The van der Waals surface area contributed by atoms with Crippen LogP contribution >= 0.6 is 0 Å². The lowest BCUT2D eigenvalue weighted by atomic mass is 10.1. The molecule has 0 spiro atoms. The summed E-state index contributed by atoms with van der Waals surface area (Å²) in [4.78, 5) is 10.8. The van der Waals surface area contributed by atoms with Gasteiger partial charge in [0.2, 0.25) is 0 Å². The zero-order valence-electron chi connectivity index (χ0n) is 12.9. The van der Waals surface area contributed by atoms with Gasteiger partial charge in [-0.2, -0.15) is 0 Å². The molecule has 0 radical (unpaired) electrons. The van der Waals surface area contributed by atoms with Crippen molar-refractivity contribution >= 4 is 14.8 Å². The van der Waals surface area contributed by atoms with Gasteiger partial charge in [-0.1, -0.05) is 12.1 Å². The van der Waals surface area contributed by atoms with Crippen molar-refractivity contribution in [2.24, 2.45) is 0 Å². The van der Waals surface area contributed by atoms with Gasteiger partial charge in [-0.15, -0.1) is 0 Å². The topological polar surface area (TPSA) is 65.0 Å². The van der Waals surface area contributed by atoms with Crippen LogP contribution in [0.4, 0.5) is 0 Å². The molecule has 21 heavy (non-hydrogen) atoms. The van der Waals surface area contributed by atoms with E-state index in [2.05, 4.69) is 0 Å². The smallest absolute Gasteiger partial charge is 0.478 e. The fraction of sp³-hybridized carbons (Fsp3) is 0.533. The highest BCUT2D eigenvalue weighted by Gasteiger charge is 2.39. The molecule has 0 aliphatic carbocycles.